The molecule has 0 bridgehead atoms. The highest BCUT2D eigenvalue weighted by molar-refractivity contribution is 9.10. The van der Waals surface area contributed by atoms with Gasteiger partial charge in [-0.3, -0.25) is 4.90 Å². The van der Waals surface area contributed by atoms with Crippen LogP contribution in [0.2, 0.25) is 0 Å². The Bertz CT molecular complexity index is 385. The molecular formula is C13H19BrN2S. The molecule has 1 fully saturated rings. The number of rotatable bonds is 7. The van der Waals surface area contributed by atoms with Gasteiger partial charge in [0.15, 0.2) is 0 Å². The van der Waals surface area contributed by atoms with Crippen LogP contribution in [-0.4, -0.2) is 31.1 Å². The van der Waals surface area contributed by atoms with Crippen molar-refractivity contribution in [2.24, 2.45) is 0 Å². The van der Waals surface area contributed by atoms with E-state index in [1.807, 2.05) is 0 Å². The molecule has 0 aromatic carbocycles. The zero-order valence-corrected chi connectivity index (χ0v) is 12.6. The van der Waals surface area contributed by atoms with Crippen LogP contribution in [0.3, 0.4) is 0 Å². The largest absolute Gasteiger partial charge is 0.310 e. The molecule has 4 heteroatoms. The Morgan fingerprint density at radius 1 is 1.65 bits per heavy atom. The molecule has 0 atom stereocenters. The van der Waals surface area contributed by atoms with E-state index in [2.05, 4.69) is 51.2 Å². The third-order valence-corrected chi connectivity index (χ3v) is 4.44. The van der Waals surface area contributed by atoms with Crippen LogP contribution in [0.25, 0.3) is 0 Å². The summed E-state index contributed by atoms with van der Waals surface area (Å²) in [7, 11) is 2.15. The van der Waals surface area contributed by atoms with E-state index in [4.69, 9.17) is 0 Å². The minimum atomic E-state index is 0.769. The first kappa shape index (κ1) is 13.3. The maximum Gasteiger partial charge on any atom is 0.0328 e. The van der Waals surface area contributed by atoms with Crippen LogP contribution < -0.4 is 5.32 Å². The molecule has 0 saturated heterocycles. The van der Waals surface area contributed by atoms with Crippen molar-refractivity contribution in [1.82, 2.24) is 10.2 Å². The first-order valence-corrected chi connectivity index (χ1v) is 7.62. The number of thiophene rings is 1. The summed E-state index contributed by atoms with van der Waals surface area (Å²) in [4.78, 5) is 3.71. The SMILES string of the molecule is C=C(CNC1CC1)CN(C)Cc1cc(Br)cs1. The molecule has 0 aliphatic heterocycles. The Morgan fingerprint density at radius 3 is 3.00 bits per heavy atom. The highest BCUT2D eigenvalue weighted by atomic mass is 79.9. The number of hydrogen-bond acceptors (Lipinski definition) is 3. The average Bonchev–Trinajstić information content (AvgIpc) is 3.00. The van der Waals surface area contributed by atoms with Crippen LogP contribution in [0.1, 0.15) is 17.7 Å². The Hall–Kier alpha value is -0.160. The molecule has 1 N–H and O–H groups in total. The van der Waals surface area contributed by atoms with Gasteiger partial charge in [-0.1, -0.05) is 6.58 Å². The van der Waals surface area contributed by atoms with Crippen molar-refractivity contribution < 1.29 is 0 Å². The fourth-order valence-electron chi connectivity index (χ4n) is 1.77. The molecular weight excluding hydrogens is 296 g/mol. The monoisotopic (exact) mass is 314 g/mol. The van der Waals surface area contributed by atoms with Crippen molar-refractivity contribution >= 4 is 27.3 Å². The van der Waals surface area contributed by atoms with Gasteiger partial charge in [0.1, 0.15) is 0 Å². The van der Waals surface area contributed by atoms with Gasteiger partial charge in [-0.15, -0.1) is 11.3 Å². The summed E-state index contributed by atoms with van der Waals surface area (Å²) in [6, 6.07) is 2.96. The molecule has 2 nitrogen and oxygen atoms in total. The average molecular weight is 315 g/mol. The second kappa shape index (κ2) is 6.14. The molecule has 1 aliphatic carbocycles. The first-order chi connectivity index (χ1) is 8.13. The first-order valence-electron chi connectivity index (χ1n) is 5.95. The summed E-state index contributed by atoms with van der Waals surface area (Å²) in [5.41, 5.74) is 1.27. The predicted molar refractivity (Wildman–Crippen MR) is 78.5 cm³/mol. The van der Waals surface area contributed by atoms with E-state index >= 15 is 0 Å². The number of likely N-dealkylation sites (N-methyl/N-ethyl adjacent to an activating group) is 1. The van der Waals surface area contributed by atoms with E-state index in [0.29, 0.717) is 0 Å². The van der Waals surface area contributed by atoms with Gasteiger partial charge in [0.05, 0.1) is 0 Å². The van der Waals surface area contributed by atoms with Crippen molar-refractivity contribution in [3.8, 4) is 0 Å². The molecule has 0 radical (unpaired) electrons. The highest BCUT2D eigenvalue weighted by Gasteiger charge is 2.20. The van der Waals surface area contributed by atoms with Gasteiger partial charge < -0.3 is 5.32 Å². The van der Waals surface area contributed by atoms with E-state index in [9.17, 15) is 0 Å². The summed E-state index contributed by atoms with van der Waals surface area (Å²) in [6.45, 7) is 7.06. The van der Waals surface area contributed by atoms with Crippen LogP contribution >= 0.6 is 27.3 Å². The fourth-order valence-corrected chi connectivity index (χ4v) is 3.30. The van der Waals surface area contributed by atoms with Gasteiger partial charge in [-0.25, -0.2) is 0 Å². The van der Waals surface area contributed by atoms with Gasteiger partial charge in [0, 0.05) is 40.4 Å². The Labute approximate surface area is 116 Å². The molecule has 94 valence electrons. The van der Waals surface area contributed by atoms with Crippen molar-refractivity contribution in [2.75, 3.05) is 20.1 Å². The maximum atomic E-state index is 4.13. The molecule has 1 heterocycles. The van der Waals surface area contributed by atoms with Gasteiger partial charge in [-0.2, -0.15) is 0 Å². The summed E-state index contributed by atoms with van der Waals surface area (Å²) in [5.74, 6) is 0. The number of nitrogens with one attached hydrogen (secondary N) is 1. The second-order valence-corrected chi connectivity index (χ2v) is 6.72. The van der Waals surface area contributed by atoms with Gasteiger partial charge in [-0.05, 0) is 47.5 Å². The van der Waals surface area contributed by atoms with Crippen molar-refractivity contribution in [3.05, 3.63) is 32.9 Å². The quantitative estimate of drug-likeness (QED) is 0.777. The molecule has 0 unspecified atom stereocenters. The zero-order valence-electron chi connectivity index (χ0n) is 10.2. The van der Waals surface area contributed by atoms with Gasteiger partial charge >= 0.3 is 0 Å². The highest BCUT2D eigenvalue weighted by Crippen LogP contribution is 2.21. The fraction of sp³-hybridized carbons (Fsp3) is 0.538. The second-order valence-electron chi connectivity index (χ2n) is 4.81. The van der Waals surface area contributed by atoms with Gasteiger partial charge in [0.25, 0.3) is 0 Å². The lowest BCUT2D eigenvalue weighted by Gasteiger charge is -2.17. The molecule has 0 spiro atoms. The third-order valence-electron chi connectivity index (χ3n) is 2.76. The topological polar surface area (TPSA) is 15.3 Å². The third kappa shape index (κ3) is 4.92. The Morgan fingerprint density at radius 2 is 2.41 bits per heavy atom. The lowest BCUT2D eigenvalue weighted by atomic mass is 10.2. The lowest BCUT2D eigenvalue weighted by Crippen LogP contribution is -2.26. The molecule has 1 aromatic heterocycles. The number of halogens is 1. The molecule has 2 rings (SSSR count). The normalized spacial score (nSPS) is 15.5. The van der Waals surface area contributed by atoms with E-state index in [-0.39, 0.29) is 0 Å². The molecule has 1 aliphatic rings. The number of hydrogen-bond donors (Lipinski definition) is 1. The van der Waals surface area contributed by atoms with Crippen molar-refractivity contribution in [3.63, 3.8) is 0 Å². The van der Waals surface area contributed by atoms with Crippen LogP contribution in [0, 0.1) is 0 Å². The number of nitrogens with zero attached hydrogens (tertiary/aromatic N) is 1. The predicted octanol–water partition coefficient (Wildman–Crippen LogP) is 3.25. The lowest BCUT2D eigenvalue weighted by molar-refractivity contribution is 0.355. The Balaban J connectivity index is 1.68. The van der Waals surface area contributed by atoms with Crippen LogP contribution in [0.4, 0.5) is 0 Å². The summed E-state index contributed by atoms with van der Waals surface area (Å²) >= 11 is 5.28. The minimum absolute atomic E-state index is 0.769. The smallest absolute Gasteiger partial charge is 0.0328 e. The van der Waals surface area contributed by atoms with Crippen molar-refractivity contribution in [1.29, 1.82) is 0 Å². The Kier molecular flexibility index (Phi) is 4.79. The van der Waals surface area contributed by atoms with Gasteiger partial charge in [0.2, 0.25) is 0 Å². The summed E-state index contributed by atoms with van der Waals surface area (Å²) in [6.07, 6.45) is 2.68. The minimum Gasteiger partial charge on any atom is -0.310 e. The molecule has 0 amide bonds. The molecule has 1 aromatic rings. The summed E-state index contributed by atoms with van der Waals surface area (Å²) in [5, 5.41) is 5.63. The van der Waals surface area contributed by atoms with Crippen LogP contribution in [0.5, 0.6) is 0 Å². The standard InChI is InChI=1S/C13H19BrN2S/c1-10(6-15-12-3-4-12)7-16(2)8-13-5-11(14)9-17-13/h5,9,12,15H,1,3-4,6-8H2,2H3. The van der Waals surface area contributed by atoms with Crippen molar-refractivity contribution in [2.45, 2.75) is 25.4 Å². The summed E-state index contributed by atoms with van der Waals surface area (Å²) < 4.78 is 1.18. The van der Waals surface area contributed by atoms with E-state index in [0.717, 1.165) is 25.7 Å². The maximum absolute atomic E-state index is 4.13. The molecule has 17 heavy (non-hydrogen) atoms. The van der Waals surface area contributed by atoms with Crippen LogP contribution in [-0.2, 0) is 6.54 Å². The molecule has 1 saturated carbocycles. The van der Waals surface area contributed by atoms with E-state index in [1.54, 1.807) is 11.3 Å². The van der Waals surface area contributed by atoms with Crippen LogP contribution in [0.15, 0.2) is 28.1 Å². The van der Waals surface area contributed by atoms with E-state index in [1.165, 1.54) is 27.8 Å². The zero-order chi connectivity index (χ0) is 12.3. The van der Waals surface area contributed by atoms with E-state index < -0.39 is 0 Å².